The monoisotopic (exact) mass is 333 g/mol. The zero-order valence-electron chi connectivity index (χ0n) is 12.2. The second-order valence-corrected chi connectivity index (χ2v) is 7.74. The quantitative estimate of drug-likeness (QED) is 0.864. The summed E-state index contributed by atoms with van der Waals surface area (Å²) in [6.07, 6.45) is 12.6. The smallest absolute Gasteiger partial charge is 0.136 e. The van der Waals surface area contributed by atoms with Gasteiger partial charge in [-0.3, -0.25) is 0 Å². The minimum atomic E-state index is 0.0297. The lowest BCUT2D eigenvalue weighted by atomic mass is 10.1. The first kappa shape index (κ1) is 14.3. The van der Waals surface area contributed by atoms with Gasteiger partial charge in [-0.2, -0.15) is 4.37 Å². The highest BCUT2D eigenvalue weighted by molar-refractivity contribution is 8.04. The summed E-state index contributed by atoms with van der Waals surface area (Å²) in [6.45, 7) is 1.96. The van der Waals surface area contributed by atoms with Crippen molar-refractivity contribution in [3.8, 4) is 0 Å². The van der Waals surface area contributed by atoms with Crippen LogP contribution in [0.5, 0.6) is 0 Å². The number of nitrogens with two attached hydrogens (primary N) is 2. The molecule has 2 atom stereocenters. The highest BCUT2D eigenvalue weighted by Crippen LogP contribution is 2.44. The van der Waals surface area contributed by atoms with Gasteiger partial charge in [-0.25, -0.2) is 0 Å². The Labute approximate surface area is 138 Å². The fraction of sp³-hybridized carbons (Fsp3) is 0.400. The first-order valence-electron chi connectivity index (χ1n) is 7.50. The molecule has 4 rings (SSSR count). The van der Waals surface area contributed by atoms with Gasteiger partial charge in [0.05, 0.1) is 17.3 Å². The van der Waals surface area contributed by atoms with E-state index >= 15 is 0 Å². The summed E-state index contributed by atoms with van der Waals surface area (Å²) in [4.78, 5) is 5.80. The van der Waals surface area contributed by atoms with E-state index in [2.05, 4.69) is 38.6 Å². The third kappa shape index (κ3) is 2.48. The van der Waals surface area contributed by atoms with E-state index in [4.69, 9.17) is 11.5 Å². The highest BCUT2D eigenvalue weighted by Gasteiger charge is 2.29. The van der Waals surface area contributed by atoms with Crippen LogP contribution in [0.15, 0.2) is 41.2 Å². The van der Waals surface area contributed by atoms with Gasteiger partial charge >= 0.3 is 0 Å². The van der Waals surface area contributed by atoms with Crippen molar-refractivity contribution < 1.29 is 0 Å². The molecule has 3 aliphatic rings. The van der Waals surface area contributed by atoms with Crippen molar-refractivity contribution in [3.05, 3.63) is 41.2 Å². The summed E-state index contributed by atoms with van der Waals surface area (Å²) < 4.78 is 4.43. The zero-order valence-corrected chi connectivity index (χ0v) is 13.8. The first-order valence-corrected chi connectivity index (χ1v) is 9.15. The van der Waals surface area contributed by atoms with E-state index in [0.29, 0.717) is 0 Å². The zero-order chi connectivity index (χ0) is 15.1. The number of rotatable bonds is 2. The summed E-state index contributed by atoms with van der Waals surface area (Å²) >= 11 is 3.24. The van der Waals surface area contributed by atoms with Crippen LogP contribution in [0.4, 0.5) is 10.7 Å². The summed E-state index contributed by atoms with van der Waals surface area (Å²) in [5.74, 6) is 0. The molecular weight excluding hydrogens is 314 g/mol. The Hall–Kier alpha value is -1.28. The summed E-state index contributed by atoms with van der Waals surface area (Å²) in [6, 6.07) is 0.255. The van der Waals surface area contributed by atoms with Gasteiger partial charge in [-0.1, -0.05) is 0 Å². The molecule has 7 heteroatoms. The fourth-order valence-corrected chi connectivity index (χ4v) is 4.83. The van der Waals surface area contributed by atoms with Gasteiger partial charge in [0.25, 0.3) is 0 Å². The van der Waals surface area contributed by atoms with Crippen molar-refractivity contribution in [2.45, 2.75) is 24.3 Å². The number of aromatic nitrogens is 1. The molecule has 0 saturated carbocycles. The number of nitrogens with zero attached hydrogens (tertiary/aromatic N) is 3. The maximum atomic E-state index is 6.14. The van der Waals surface area contributed by atoms with Crippen molar-refractivity contribution in [1.29, 1.82) is 0 Å². The van der Waals surface area contributed by atoms with Crippen LogP contribution in [0, 0.1) is 0 Å². The molecule has 0 aromatic carbocycles. The van der Waals surface area contributed by atoms with Gasteiger partial charge in [0, 0.05) is 30.2 Å². The van der Waals surface area contributed by atoms with Gasteiger partial charge in [0.2, 0.25) is 0 Å². The van der Waals surface area contributed by atoms with Gasteiger partial charge in [0.15, 0.2) is 0 Å². The van der Waals surface area contributed by atoms with Gasteiger partial charge in [-0.05, 0) is 42.6 Å². The molecule has 1 fully saturated rings. The number of hydrogen-bond donors (Lipinski definition) is 2. The van der Waals surface area contributed by atoms with E-state index in [0.717, 1.165) is 31.6 Å². The van der Waals surface area contributed by atoms with Crippen molar-refractivity contribution in [2.75, 3.05) is 22.9 Å². The van der Waals surface area contributed by atoms with E-state index < -0.39 is 0 Å². The van der Waals surface area contributed by atoms with E-state index in [-0.39, 0.29) is 11.4 Å². The number of fused-ring (bicyclic) bond motifs is 1. The van der Waals surface area contributed by atoms with Crippen molar-refractivity contribution in [2.24, 2.45) is 11.5 Å². The van der Waals surface area contributed by atoms with Crippen LogP contribution in [0.2, 0.25) is 0 Å². The Morgan fingerprint density at radius 3 is 3.09 bits per heavy atom. The van der Waals surface area contributed by atoms with Crippen LogP contribution in [-0.2, 0) is 0 Å². The molecule has 0 amide bonds. The van der Waals surface area contributed by atoms with Crippen LogP contribution in [0.1, 0.15) is 12.8 Å². The number of piperidine rings is 1. The lowest BCUT2D eigenvalue weighted by Gasteiger charge is -2.34. The molecule has 1 saturated heterocycles. The van der Waals surface area contributed by atoms with E-state index in [1.165, 1.54) is 15.6 Å². The Morgan fingerprint density at radius 1 is 1.32 bits per heavy atom. The van der Waals surface area contributed by atoms with Gasteiger partial charge < -0.3 is 21.3 Å². The molecule has 5 nitrogen and oxygen atoms in total. The molecular formula is C15H19N5S2. The molecule has 0 radical (unpaired) electrons. The predicted molar refractivity (Wildman–Crippen MR) is 94.9 cm³/mol. The lowest BCUT2D eigenvalue weighted by Crippen LogP contribution is -2.42. The second kappa shape index (κ2) is 5.73. The largest absolute Gasteiger partial charge is 0.359 e. The van der Waals surface area contributed by atoms with Crippen LogP contribution in [0.25, 0.3) is 0 Å². The molecule has 0 bridgehead atoms. The summed E-state index contributed by atoms with van der Waals surface area (Å²) in [5, 5.41) is 1.23. The van der Waals surface area contributed by atoms with Crippen LogP contribution >= 0.6 is 23.3 Å². The number of anilines is 2. The van der Waals surface area contributed by atoms with E-state index in [9.17, 15) is 0 Å². The number of allylic oxidation sites excluding steroid dienone is 2. The third-order valence-electron chi connectivity index (χ3n) is 4.12. The predicted octanol–water partition coefficient (Wildman–Crippen LogP) is 2.20. The Morgan fingerprint density at radius 2 is 2.23 bits per heavy atom. The third-order valence-corrected chi connectivity index (χ3v) is 5.98. The first-order chi connectivity index (χ1) is 10.7. The van der Waals surface area contributed by atoms with E-state index in [1.807, 2.05) is 6.20 Å². The molecule has 1 aromatic rings. The van der Waals surface area contributed by atoms with Crippen molar-refractivity contribution in [3.63, 3.8) is 0 Å². The molecule has 22 heavy (non-hydrogen) atoms. The number of hydrogen-bond acceptors (Lipinski definition) is 7. The minimum Gasteiger partial charge on any atom is -0.359 e. The summed E-state index contributed by atoms with van der Waals surface area (Å²) in [7, 11) is 0. The molecule has 0 aliphatic carbocycles. The average Bonchev–Trinajstić information content (AvgIpc) is 3.11. The highest BCUT2D eigenvalue weighted by atomic mass is 32.2. The standard InChI is InChI=1S/C15H19N5S2/c16-10-3-1-5-19(9-10)15-12(8-18-22-15)20-6-2-4-13-11(20)7-14(17)21-13/h2,4,6-8,10,14H,1,3,5,9,16-17H2/t10-,14?/m1/s1. The topological polar surface area (TPSA) is 71.4 Å². The second-order valence-electron chi connectivity index (χ2n) is 5.74. The van der Waals surface area contributed by atoms with Crippen molar-refractivity contribution >= 4 is 34.0 Å². The van der Waals surface area contributed by atoms with Crippen LogP contribution in [-0.4, -0.2) is 28.9 Å². The minimum absolute atomic E-state index is 0.0297. The molecule has 1 unspecified atom stereocenters. The molecule has 4 N–H and O–H groups in total. The fourth-order valence-electron chi connectivity index (χ4n) is 3.12. The maximum absolute atomic E-state index is 6.14. The Balaban J connectivity index is 1.67. The lowest BCUT2D eigenvalue weighted by molar-refractivity contribution is 0.508. The van der Waals surface area contributed by atoms with E-state index in [1.54, 1.807) is 23.3 Å². The van der Waals surface area contributed by atoms with Gasteiger partial charge in [0.1, 0.15) is 10.7 Å². The summed E-state index contributed by atoms with van der Waals surface area (Å²) in [5.41, 5.74) is 14.5. The Bertz CT molecular complexity index is 663. The van der Waals surface area contributed by atoms with Crippen LogP contribution in [0.3, 0.4) is 0 Å². The number of thioether (sulfide) groups is 1. The van der Waals surface area contributed by atoms with Crippen molar-refractivity contribution in [1.82, 2.24) is 4.37 Å². The average molecular weight is 333 g/mol. The molecule has 4 heterocycles. The normalized spacial score (nSPS) is 27.7. The van der Waals surface area contributed by atoms with Crippen LogP contribution < -0.4 is 21.3 Å². The molecule has 1 aromatic heterocycles. The SMILES string of the molecule is NC1C=C2C(=CC=CN2c2cnsc2N2CCC[C@@H](N)C2)S1. The Kier molecular flexibility index (Phi) is 3.73. The molecule has 0 spiro atoms. The van der Waals surface area contributed by atoms with Gasteiger partial charge in [-0.15, -0.1) is 11.8 Å². The molecule has 3 aliphatic heterocycles. The maximum Gasteiger partial charge on any atom is 0.136 e. The molecule has 116 valence electrons.